The summed E-state index contributed by atoms with van der Waals surface area (Å²) in [5.74, 6) is 0.132. The van der Waals surface area contributed by atoms with Crippen LogP contribution in [0, 0.1) is 0 Å². The molecule has 5 nitrogen and oxygen atoms in total. The first-order valence-electron chi connectivity index (χ1n) is 7.03. The first kappa shape index (κ1) is 17.6. The highest BCUT2D eigenvalue weighted by Gasteiger charge is 2.19. The van der Waals surface area contributed by atoms with E-state index in [1.165, 1.54) is 5.69 Å². The van der Waals surface area contributed by atoms with E-state index in [1.54, 1.807) is 7.11 Å². The Labute approximate surface area is 131 Å². The van der Waals surface area contributed by atoms with Crippen molar-refractivity contribution in [3.63, 3.8) is 0 Å². The third kappa shape index (κ3) is 5.44. The van der Waals surface area contributed by atoms with Crippen LogP contribution in [0.3, 0.4) is 0 Å². The van der Waals surface area contributed by atoms with E-state index in [1.807, 2.05) is 12.1 Å². The number of nitrogens with zero attached hydrogens (tertiary/aromatic N) is 1. The Morgan fingerprint density at radius 2 is 1.95 bits per heavy atom. The number of hydrogen-bond acceptors (Lipinski definition) is 4. The van der Waals surface area contributed by atoms with Gasteiger partial charge in [0.2, 0.25) is 0 Å². The van der Waals surface area contributed by atoms with Gasteiger partial charge in [0, 0.05) is 31.4 Å². The van der Waals surface area contributed by atoms with Gasteiger partial charge in [-0.15, -0.1) is 12.4 Å². The van der Waals surface area contributed by atoms with Crippen molar-refractivity contribution >= 4 is 24.1 Å². The molecule has 1 aromatic carbocycles. The average molecular weight is 315 g/mol. The zero-order chi connectivity index (χ0) is 14.4. The maximum absolute atomic E-state index is 10.5. The van der Waals surface area contributed by atoms with Crippen LogP contribution in [0.15, 0.2) is 24.3 Å². The van der Waals surface area contributed by atoms with Gasteiger partial charge in [0.15, 0.2) is 0 Å². The predicted octanol–water partition coefficient (Wildman–Crippen LogP) is 2.15. The molecule has 1 aliphatic heterocycles. The van der Waals surface area contributed by atoms with Gasteiger partial charge in [-0.3, -0.25) is 4.79 Å². The van der Waals surface area contributed by atoms with Gasteiger partial charge >= 0.3 is 5.97 Å². The minimum Gasteiger partial charge on any atom is -0.497 e. The molecule has 1 aromatic rings. The highest BCUT2D eigenvalue weighted by molar-refractivity contribution is 5.85. The van der Waals surface area contributed by atoms with Crippen LogP contribution in [0.5, 0.6) is 5.75 Å². The molecule has 118 valence electrons. The standard InChI is InChI=1S/C15H22N2O3.ClH/c1-20-14-4-2-13(3-5-14)17-10-7-12(8-11-17)16-9-6-15(18)19;/h2-5,12,16H,6-11H2,1H3,(H,18,19);1H. The first-order chi connectivity index (χ1) is 9.69. The zero-order valence-electron chi connectivity index (χ0n) is 12.2. The number of rotatable bonds is 6. The smallest absolute Gasteiger partial charge is 0.304 e. The number of aliphatic carboxylic acids is 1. The Morgan fingerprint density at radius 1 is 1.33 bits per heavy atom. The minimum atomic E-state index is -0.742. The third-order valence-corrected chi connectivity index (χ3v) is 3.70. The summed E-state index contributed by atoms with van der Waals surface area (Å²) in [7, 11) is 1.67. The lowest BCUT2D eigenvalue weighted by Crippen LogP contribution is -2.43. The lowest BCUT2D eigenvalue weighted by molar-refractivity contribution is -0.136. The van der Waals surface area contributed by atoms with Crippen molar-refractivity contribution in [1.29, 1.82) is 0 Å². The van der Waals surface area contributed by atoms with Gasteiger partial charge in [-0.1, -0.05) is 0 Å². The van der Waals surface area contributed by atoms with Crippen molar-refractivity contribution in [2.45, 2.75) is 25.3 Å². The van der Waals surface area contributed by atoms with E-state index in [2.05, 4.69) is 22.3 Å². The van der Waals surface area contributed by atoms with Gasteiger partial charge in [-0.2, -0.15) is 0 Å². The summed E-state index contributed by atoms with van der Waals surface area (Å²) in [5, 5.41) is 11.9. The fourth-order valence-corrected chi connectivity index (χ4v) is 2.52. The van der Waals surface area contributed by atoms with Gasteiger partial charge in [0.25, 0.3) is 0 Å². The third-order valence-electron chi connectivity index (χ3n) is 3.70. The van der Waals surface area contributed by atoms with Crippen LogP contribution in [0.25, 0.3) is 0 Å². The predicted molar refractivity (Wildman–Crippen MR) is 85.7 cm³/mol. The fraction of sp³-hybridized carbons (Fsp3) is 0.533. The number of carboxylic acid groups (broad SMARTS) is 1. The molecule has 1 aliphatic rings. The van der Waals surface area contributed by atoms with Crippen molar-refractivity contribution < 1.29 is 14.6 Å². The summed E-state index contributed by atoms with van der Waals surface area (Å²) in [4.78, 5) is 12.8. The van der Waals surface area contributed by atoms with Gasteiger partial charge in [0.1, 0.15) is 5.75 Å². The molecule has 0 atom stereocenters. The Bertz CT molecular complexity index is 431. The summed E-state index contributed by atoms with van der Waals surface area (Å²) in [6, 6.07) is 8.55. The number of anilines is 1. The highest BCUT2D eigenvalue weighted by atomic mass is 35.5. The molecule has 0 spiro atoms. The van der Waals surface area contributed by atoms with Crippen LogP contribution in [-0.4, -0.2) is 43.9 Å². The van der Waals surface area contributed by atoms with Gasteiger partial charge < -0.3 is 20.1 Å². The molecular weight excluding hydrogens is 292 g/mol. The second-order valence-corrected chi connectivity index (χ2v) is 5.06. The van der Waals surface area contributed by atoms with E-state index in [9.17, 15) is 4.79 Å². The van der Waals surface area contributed by atoms with E-state index in [0.717, 1.165) is 31.7 Å². The molecule has 6 heteroatoms. The number of benzene rings is 1. The Hall–Kier alpha value is -1.46. The quantitative estimate of drug-likeness (QED) is 0.842. The Balaban J connectivity index is 0.00000220. The number of carbonyl (C=O) groups is 1. The number of piperidine rings is 1. The van der Waals surface area contributed by atoms with Crippen LogP contribution in [0.2, 0.25) is 0 Å². The minimum absolute atomic E-state index is 0. The van der Waals surface area contributed by atoms with Crippen LogP contribution in [-0.2, 0) is 4.79 Å². The van der Waals surface area contributed by atoms with Crippen molar-refractivity contribution in [2.75, 3.05) is 31.6 Å². The van der Waals surface area contributed by atoms with E-state index < -0.39 is 5.97 Å². The summed E-state index contributed by atoms with van der Waals surface area (Å²) in [6.45, 7) is 2.55. The molecule has 0 unspecified atom stereocenters. The van der Waals surface area contributed by atoms with Crippen molar-refractivity contribution in [2.24, 2.45) is 0 Å². The molecule has 1 heterocycles. The molecule has 1 fully saturated rings. The van der Waals surface area contributed by atoms with Crippen LogP contribution in [0.4, 0.5) is 5.69 Å². The lowest BCUT2D eigenvalue weighted by atomic mass is 10.0. The zero-order valence-corrected chi connectivity index (χ0v) is 13.1. The summed E-state index contributed by atoms with van der Waals surface area (Å²) < 4.78 is 5.16. The monoisotopic (exact) mass is 314 g/mol. The van der Waals surface area contributed by atoms with E-state index in [4.69, 9.17) is 9.84 Å². The lowest BCUT2D eigenvalue weighted by Gasteiger charge is -2.34. The molecule has 2 rings (SSSR count). The van der Waals surface area contributed by atoms with Gasteiger partial charge in [-0.25, -0.2) is 0 Å². The van der Waals surface area contributed by atoms with E-state index in [-0.39, 0.29) is 18.8 Å². The van der Waals surface area contributed by atoms with Crippen molar-refractivity contribution in [1.82, 2.24) is 5.32 Å². The molecule has 0 saturated carbocycles. The summed E-state index contributed by atoms with van der Waals surface area (Å²) >= 11 is 0. The molecule has 0 aliphatic carbocycles. The average Bonchev–Trinajstić information content (AvgIpc) is 2.48. The molecule has 1 saturated heterocycles. The molecule has 0 amide bonds. The summed E-state index contributed by atoms with van der Waals surface area (Å²) in [5.41, 5.74) is 1.22. The molecule has 0 bridgehead atoms. The van der Waals surface area contributed by atoms with Crippen LogP contribution >= 0.6 is 12.4 Å². The number of hydrogen-bond donors (Lipinski definition) is 2. The first-order valence-corrected chi connectivity index (χ1v) is 7.03. The SMILES string of the molecule is COc1ccc(N2CCC(NCCC(=O)O)CC2)cc1.Cl. The normalized spacial score (nSPS) is 15.4. The number of methoxy groups -OCH3 is 1. The molecule has 0 aromatic heterocycles. The van der Waals surface area contributed by atoms with E-state index >= 15 is 0 Å². The Morgan fingerprint density at radius 3 is 2.48 bits per heavy atom. The molecule has 21 heavy (non-hydrogen) atoms. The van der Waals surface area contributed by atoms with Gasteiger partial charge in [0.05, 0.1) is 13.5 Å². The second kappa shape index (κ2) is 8.74. The van der Waals surface area contributed by atoms with E-state index in [0.29, 0.717) is 12.6 Å². The molecular formula is C15H23ClN2O3. The second-order valence-electron chi connectivity index (χ2n) is 5.06. The number of nitrogens with one attached hydrogen (secondary N) is 1. The largest absolute Gasteiger partial charge is 0.497 e. The van der Waals surface area contributed by atoms with Crippen LogP contribution in [0.1, 0.15) is 19.3 Å². The number of carboxylic acids is 1. The van der Waals surface area contributed by atoms with Crippen LogP contribution < -0.4 is 15.0 Å². The number of halogens is 1. The van der Waals surface area contributed by atoms with Crippen molar-refractivity contribution in [3.05, 3.63) is 24.3 Å². The molecule has 2 N–H and O–H groups in total. The maximum Gasteiger partial charge on any atom is 0.304 e. The Kier molecular flexibility index (Phi) is 7.32. The maximum atomic E-state index is 10.5. The van der Waals surface area contributed by atoms with Crippen molar-refractivity contribution in [3.8, 4) is 5.75 Å². The number of ether oxygens (including phenoxy) is 1. The molecule has 0 radical (unpaired) electrons. The van der Waals surface area contributed by atoms with Gasteiger partial charge in [-0.05, 0) is 37.1 Å². The topological polar surface area (TPSA) is 61.8 Å². The highest BCUT2D eigenvalue weighted by Crippen LogP contribution is 2.22. The fourth-order valence-electron chi connectivity index (χ4n) is 2.52. The summed E-state index contributed by atoms with van der Waals surface area (Å²) in [6.07, 6.45) is 2.29.